The third-order valence-electron chi connectivity index (χ3n) is 2.87. The first-order valence-electron chi connectivity index (χ1n) is 5.40. The van der Waals surface area contributed by atoms with E-state index in [1.807, 2.05) is 0 Å². The quantitative estimate of drug-likeness (QED) is 0.623. The van der Waals surface area contributed by atoms with Gasteiger partial charge in [-0.15, -0.1) is 0 Å². The molecule has 0 saturated heterocycles. The Kier molecular flexibility index (Phi) is 3.98. The number of methoxy groups -OCH3 is 2. The highest BCUT2D eigenvalue weighted by atomic mass is 79.9. The van der Waals surface area contributed by atoms with Crippen molar-refractivity contribution >= 4 is 33.3 Å². The number of anilines is 1. The van der Waals surface area contributed by atoms with Crippen LogP contribution in [0, 0.1) is 5.82 Å². The minimum Gasteiger partial charge on any atom is -0.354 e. The van der Waals surface area contributed by atoms with Crippen LogP contribution in [0.1, 0.15) is 10.4 Å². The highest BCUT2D eigenvalue weighted by Gasteiger charge is 2.37. The average molecular weight is 332 g/mol. The molecule has 1 amide bonds. The summed E-state index contributed by atoms with van der Waals surface area (Å²) >= 11 is 2.99. The smallest absolute Gasteiger partial charge is 0.299 e. The molecule has 102 valence electrons. The molecule has 1 aliphatic heterocycles. The van der Waals surface area contributed by atoms with E-state index >= 15 is 0 Å². The number of hydrogen-bond donors (Lipinski definition) is 0. The first kappa shape index (κ1) is 14.1. The highest BCUT2D eigenvalue weighted by Crippen LogP contribution is 2.33. The van der Waals surface area contributed by atoms with E-state index in [1.165, 1.54) is 20.3 Å². The van der Waals surface area contributed by atoms with Crippen LogP contribution in [-0.2, 0) is 14.3 Å². The number of rotatable bonds is 4. The maximum absolute atomic E-state index is 13.5. The largest absolute Gasteiger partial charge is 0.354 e. The van der Waals surface area contributed by atoms with E-state index in [4.69, 9.17) is 9.47 Å². The molecule has 0 saturated carbocycles. The number of ether oxygens (including phenoxy) is 2. The van der Waals surface area contributed by atoms with Crippen LogP contribution in [0.4, 0.5) is 10.1 Å². The molecule has 0 radical (unpaired) electrons. The van der Waals surface area contributed by atoms with Crippen LogP contribution in [-0.4, -0.2) is 38.7 Å². The second kappa shape index (κ2) is 5.36. The van der Waals surface area contributed by atoms with E-state index in [1.54, 1.807) is 0 Å². The molecule has 5 nitrogen and oxygen atoms in total. The number of carbonyl (C=O) groups excluding carboxylic acids is 2. The van der Waals surface area contributed by atoms with E-state index in [-0.39, 0.29) is 22.3 Å². The summed E-state index contributed by atoms with van der Waals surface area (Å²) in [6.07, 6.45) is -0.686. The second-order valence-corrected chi connectivity index (χ2v) is 4.78. The van der Waals surface area contributed by atoms with Crippen molar-refractivity contribution in [2.45, 2.75) is 6.29 Å². The zero-order chi connectivity index (χ0) is 14.2. The molecule has 1 heterocycles. The van der Waals surface area contributed by atoms with Gasteiger partial charge in [0.1, 0.15) is 5.82 Å². The standard InChI is InChI=1S/C12H11BrFNO4/c1-18-10(19-2)5-15-9-4-8(14)7(13)3-6(9)11(16)12(15)17/h3-4,10H,5H2,1-2H3. The molecule has 0 N–H and O–H groups in total. The third kappa shape index (κ3) is 2.41. The molecule has 7 heteroatoms. The molecule has 0 atom stereocenters. The van der Waals surface area contributed by atoms with Gasteiger partial charge in [-0.2, -0.15) is 0 Å². The highest BCUT2D eigenvalue weighted by molar-refractivity contribution is 9.10. The number of fused-ring (bicyclic) bond motifs is 1. The summed E-state index contributed by atoms with van der Waals surface area (Å²) in [6.45, 7) is 0.0195. The molecule has 0 unspecified atom stereocenters. The number of hydrogen-bond acceptors (Lipinski definition) is 4. The Morgan fingerprint density at radius 2 is 1.95 bits per heavy atom. The van der Waals surface area contributed by atoms with Crippen LogP contribution >= 0.6 is 15.9 Å². The molecule has 0 fully saturated rings. The van der Waals surface area contributed by atoms with Gasteiger partial charge >= 0.3 is 0 Å². The van der Waals surface area contributed by atoms with E-state index in [0.29, 0.717) is 0 Å². The minimum atomic E-state index is -0.716. The summed E-state index contributed by atoms with van der Waals surface area (Å²) in [4.78, 5) is 24.8. The summed E-state index contributed by atoms with van der Waals surface area (Å²) in [6, 6.07) is 2.45. The molecule has 1 aliphatic rings. The lowest BCUT2D eigenvalue weighted by molar-refractivity contribution is -0.119. The molecule has 0 spiro atoms. The number of Topliss-reactive ketones (excluding diaryl/α,β-unsaturated/α-hetero) is 1. The van der Waals surface area contributed by atoms with Crippen LogP contribution in [0.15, 0.2) is 16.6 Å². The summed E-state index contributed by atoms with van der Waals surface area (Å²) in [7, 11) is 2.83. The Bertz CT molecular complexity index is 545. The molecule has 0 aromatic heterocycles. The lowest BCUT2D eigenvalue weighted by atomic mass is 10.1. The summed E-state index contributed by atoms with van der Waals surface area (Å²) < 4.78 is 23.7. The maximum Gasteiger partial charge on any atom is 0.299 e. The van der Waals surface area contributed by atoms with Crippen molar-refractivity contribution in [2.24, 2.45) is 0 Å². The molecule has 2 rings (SSSR count). The van der Waals surface area contributed by atoms with Crippen molar-refractivity contribution in [3.05, 3.63) is 28.0 Å². The van der Waals surface area contributed by atoms with Crippen LogP contribution in [0.5, 0.6) is 0 Å². The van der Waals surface area contributed by atoms with Crippen molar-refractivity contribution in [2.75, 3.05) is 25.7 Å². The summed E-state index contributed by atoms with van der Waals surface area (Å²) in [5.74, 6) is -1.93. The van der Waals surface area contributed by atoms with Crippen LogP contribution < -0.4 is 4.90 Å². The fourth-order valence-corrected chi connectivity index (χ4v) is 2.21. The average Bonchev–Trinajstić information content (AvgIpc) is 2.61. The van der Waals surface area contributed by atoms with Crippen LogP contribution in [0.25, 0.3) is 0 Å². The predicted octanol–water partition coefficient (Wildman–Crippen LogP) is 1.74. The third-order valence-corrected chi connectivity index (χ3v) is 3.48. The van der Waals surface area contributed by atoms with Crippen molar-refractivity contribution in [3.63, 3.8) is 0 Å². The van der Waals surface area contributed by atoms with Crippen molar-refractivity contribution in [1.82, 2.24) is 0 Å². The Hall–Kier alpha value is -1.31. The van der Waals surface area contributed by atoms with E-state index in [2.05, 4.69) is 15.9 Å². The van der Waals surface area contributed by atoms with Gasteiger partial charge in [-0.1, -0.05) is 0 Å². The molecular formula is C12H11BrFNO4. The monoisotopic (exact) mass is 331 g/mol. The normalized spacial score (nSPS) is 14.5. The fourth-order valence-electron chi connectivity index (χ4n) is 1.86. The van der Waals surface area contributed by atoms with Crippen LogP contribution in [0.3, 0.4) is 0 Å². The number of carbonyl (C=O) groups is 2. The maximum atomic E-state index is 13.5. The van der Waals surface area contributed by atoms with Gasteiger partial charge in [0.15, 0.2) is 6.29 Å². The number of halogens is 2. The van der Waals surface area contributed by atoms with Crippen molar-refractivity contribution in [3.8, 4) is 0 Å². The first-order valence-corrected chi connectivity index (χ1v) is 6.19. The Morgan fingerprint density at radius 1 is 1.32 bits per heavy atom. The van der Waals surface area contributed by atoms with Crippen molar-refractivity contribution in [1.29, 1.82) is 0 Å². The predicted molar refractivity (Wildman–Crippen MR) is 68.6 cm³/mol. The van der Waals surface area contributed by atoms with Gasteiger partial charge in [-0.25, -0.2) is 4.39 Å². The van der Waals surface area contributed by atoms with Gasteiger partial charge < -0.3 is 9.47 Å². The van der Waals surface area contributed by atoms with E-state index < -0.39 is 23.8 Å². The lowest BCUT2D eigenvalue weighted by Crippen LogP contribution is -2.38. The molecular weight excluding hydrogens is 321 g/mol. The lowest BCUT2D eigenvalue weighted by Gasteiger charge is -2.21. The van der Waals surface area contributed by atoms with Gasteiger partial charge in [-0.05, 0) is 28.1 Å². The van der Waals surface area contributed by atoms with E-state index in [0.717, 1.165) is 11.0 Å². The number of ketones is 1. The van der Waals surface area contributed by atoms with Crippen molar-refractivity contribution < 1.29 is 23.5 Å². The molecule has 1 aromatic carbocycles. The summed E-state index contributed by atoms with van der Waals surface area (Å²) in [5.41, 5.74) is 0.402. The molecule has 0 aliphatic carbocycles. The SMILES string of the molecule is COC(CN1C(=O)C(=O)c2cc(Br)c(F)cc21)OC. The zero-order valence-electron chi connectivity index (χ0n) is 10.3. The number of benzene rings is 1. The van der Waals surface area contributed by atoms with E-state index in [9.17, 15) is 14.0 Å². The van der Waals surface area contributed by atoms with Gasteiger partial charge in [0, 0.05) is 14.2 Å². The van der Waals surface area contributed by atoms with Crippen LogP contribution in [0.2, 0.25) is 0 Å². The van der Waals surface area contributed by atoms with Gasteiger partial charge in [0.25, 0.3) is 11.7 Å². The van der Waals surface area contributed by atoms with Gasteiger partial charge in [-0.3, -0.25) is 14.5 Å². The topological polar surface area (TPSA) is 55.8 Å². The second-order valence-electron chi connectivity index (χ2n) is 3.93. The fraction of sp³-hybridized carbons (Fsp3) is 0.333. The zero-order valence-corrected chi connectivity index (χ0v) is 11.9. The molecule has 19 heavy (non-hydrogen) atoms. The Morgan fingerprint density at radius 3 is 2.53 bits per heavy atom. The Labute approximate surface area is 117 Å². The molecule has 0 bridgehead atoms. The minimum absolute atomic E-state index is 0.0195. The van der Waals surface area contributed by atoms with Gasteiger partial charge in [0.2, 0.25) is 0 Å². The Balaban J connectivity index is 2.41. The number of nitrogens with zero attached hydrogens (tertiary/aromatic N) is 1. The van der Waals surface area contributed by atoms with Gasteiger partial charge in [0.05, 0.1) is 22.3 Å². The number of amides is 1. The first-order chi connectivity index (χ1) is 8.99. The summed E-state index contributed by atoms with van der Waals surface area (Å²) in [5, 5.41) is 0. The molecule has 1 aromatic rings.